The number of carbonyl (C=O) groups excluding carboxylic acids is 1. The third-order valence-corrected chi connectivity index (χ3v) is 5.62. The standard InChI is InChI=1S/C13H23NO6S/c1-3-10-5-7-14(11(9-10)13(16)17)21(18,19)8-6-12(15)20-4-2/h10-11H,3-9H2,1-2H3,(H,16,17). The SMILES string of the molecule is CCOC(=O)CCS(=O)(=O)N1CCC(CC)CC1C(=O)O. The zero-order valence-electron chi connectivity index (χ0n) is 12.4. The van der Waals surface area contributed by atoms with Crippen LogP contribution in [0.25, 0.3) is 0 Å². The Bertz CT molecular complexity index is 475. The molecule has 21 heavy (non-hydrogen) atoms. The molecule has 0 bridgehead atoms. The smallest absolute Gasteiger partial charge is 0.322 e. The van der Waals surface area contributed by atoms with E-state index in [2.05, 4.69) is 0 Å². The van der Waals surface area contributed by atoms with Gasteiger partial charge in [0, 0.05) is 6.54 Å². The van der Waals surface area contributed by atoms with Crippen LogP contribution in [0, 0.1) is 5.92 Å². The van der Waals surface area contributed by atoms with Crippen molar-refractivity contribution in [3.05, 3.63) is 0 Å². The second kappa shape index (κ2) is 7.74. The van der Waals surface area contributed by atoms with Gasteiger partial charge in [0.2, 0.25) is 10.0 Å². The molecule has 0 aromatic heterocycles. The number of esters is 1. The summed E-state index contributed by atoms with van der Waals surface area (Å²) < 4.78 is 30.2. The second-order valence-corrected chi connectivity index (χ2v) is 7.18. The first-order valence-corrected chi connectivity index (χ1v) is 8.80. The van der Waals surface area contributed by atoms with E-state index in [1.807, 2.05) is 6.92 Å². The van der Waals surface area contributed by atoms with E-state index in [-0.39, 0.29) is 25.5 Å². The molecule has 1 aliphatic heterocycles. The molecule has 0 aromatic rings. The highest BCUT2D eigenvalue weighted by Gasteiger charge is 2.39. The first-order chi connectivity index (χ1) is 9.81. The molecule has 0 radical (unpaired) electrons. The summed E-state index contributed by atoms with van der Waals surface area (Å²) in [7, 11) is -3.77. The van der Waals surface area contributed by atoms with Gasteiger partial charge in [0.15, 0.2) is 0 Å². The maximum Gasteiger partial charge on any atom is 0.322 e. The molecule has 1 aliphatic rings. The first kappa shape index (κ1) is 17.9. The monoisotopic (exact) mass is 321 g/mol. The fourth-order valence-electron chi connectivity index (χ4n) is 2.51. The fraction of sp³-hybridized carbons (Fsp3) is 0.846. The van der Waals surface area contributed by atoms with Gasteiger partial charge in [0.25, 0.3) is 0 Å². The molecule has 1 saturated heterocycles. The fourth-order valence-corrected chi connectivity index (χ4v) is 4.11. The Balaban J connectivity index is 2.75. The van der Waals surface area contributed by atoms with Crippen LogP contribution >= 0.6 is 0 Å². The number of sulfonamides is 1. The summed E-state index contributed by atoms with van der Waals surface area (Å²) in [6.07, 6.45) is 1.56. The van der Waals surface area contributed by atoms with E-state index in [1.165, 1.54) is 0 Å². The van der Waals surface area contributed by atoms with E-state index in [4.69, 9.17) is 4.74 Å². The quantitative estimate of drug-likeness (QED) is 0.697. The third-order valence-electron chi connectivity index (χ3n) is 3.75. The summed E-state index contributed by atoms with van der Waals surface area (Å²) in [4.78, 5) is 22.6. The number of nitrogens with zero attached hydrogens (tertiary/aromatic N) is 1. The van der Waals surface area contributed by atoms with Gasteiger partial charge in [-0.15, -0.1) is 0 Å². The van der Waals surface area contributed by atoms with Gasteiger partial charge in [-0.2, -0.15) is 4.31 Å². The van der Waals surface area contributed by atoms with E-state index in [0.29, 0.717) is 12.8 Å². The molecule has 122 valence electrons. The number of hydrogen-bond donors (Lipinski definition) is 1. The molecule has 7 nitrogen and oxygen atoms in total. The molecule has 2 unspecified atom stereocenters. The van der Waals surface area contributed by atoms with Gasteiger partial charge in [-0.3, -0.25) is 9.59 Å². The van der Waals surface area contributed by atoms with Crippen molar-refractivity contribution in [2.75, 3.05) is 18.9 Å². The lowest BCUT2D eigenvalue weighted by molar-refractivity contribution is -0.143. The number of carboxylic acids is 1. The zero-order chi connectivity index (χ0) is 16.0. The van der Waals surface area contributed by atoms with Crippen molar-refractivity contribution in [1.29, 1.82) is 0 Å². The normalized spacial score (nSPS) is 23.7. The summed E-state index contributed by atoms with van der Waals surface area (Å²) in [6.45, 7) is 4.00. The van der Waals surface area contributed by atoms with Crippen LogP contribution in [0.15, 0.2) is 0 Å². The van der Waals surface area contributed by atoms with Crippen LogP contribution in [0.3, 0.4) is 0 Å². The van der Waals surface area contributed by atoms with Crippen molar-refractivity contribution in [2.45, 2.75) is 45.6 Å². The van der Waals surface area contributed by atoms with Gasteiger partial charge in [-0.25, -0.2) is 8.42 Å². The second-order valence-electron chi connectivity index (χ2n) is 5.13. The zero-order valence-corrected chi connectivity index (χ0v) is 13.3. The molecule has 1 fully saturated rings. The van der Waals surface area contributed by atoms with Crippen molar-refractivity contribution in [2.24, 2.45) is 5.92 Å². The molecule has 2 atom stereocenters. The summed E-state index contributed by atoms with van der Waals surface area (Å²) >= 11 is 0. The number of rotatable bonds is 7. The molecule has 0 aliphatic carbocycles. The van der Waals surface area contributed by atoms with Crippen molar-refractivity contribution >= 4 is 22.0 Å². The van der Waals surface area contributed by atoms with E-state index in [0.717, 1.165) is 10.7 Å². The maximum absolute atomic E-state index is 12.3. The van der Waals surface area contributed by atoms with Crippen molar-refractivity contribution in [3.8, 4) is 0 Å². The van der Waals surface area contributed by atoms with Gasteiger partial charge in [-0.05, 0) is 25.7 Å². The Labute approximate surface area is 125 Å². The molecule has 0 amide bonds. The molecule has 8 heteroatoms. The van der Waals surface area contributed by atoms with Crippen LogP contribution in [0.4, 0.5) is 0 Å². The van der Waals surface area contributed by atoms with Crippen molar-refractivity contribution < 1.29 is 27.9 Å². The number of ether oxygens (including phenoxy) is 1. The largest absolute Gasteiger partial charge is 0.480 e. The average Bonchev–Trinajstić information content (AvgIpc) is 2.45. The minimum absolute atomic E-state index is 0.193. The Morgan fingerprint density at radius 2 is 2.00 bits per heavy atom. The number of carboxylic acid groups (broad SMARTS) is 1. The minimum atomic E-state index is -3.77. The Hall–Kier alpha value is -1.15. The van der Waals surface area contributed by atoms with Crippen molar-refractivity contribution in [1.82, 2.24) is 4.31 Å². The van der Waals surface area contributed by atoms with Gasteiger partial charge >= 0.3 is 11.9 Å². The number of aliphatic carboxylic acids is 1. The highest BCUT2D eigenvalue weighted by molar-refractivity contribution is 7.89. The third kappa shape index (κ3) is 4.96. The predicted molar refractivity (Wildman–Crippen MR) is 76.2 cm³/mol. The van der Waals surface area contributed by atoms with E-state index < -0.39 is 33.8 Å². The van der Waals surface area contributed by atoms with Crippen LogP contribution in [0.2, 0.25) is 0 Å². The Morgan fingerprint density at radius 1 is 1.33 bits per heavy atom. The van der Waals surface area contributed by atoms with E-state index in [1.54, 1.807) is 6.92 Å². The van der Waals surface area contributed by atoms with Crippen molar-refractivity contribution in [3.63, 3.8) is 0 Å². The number of piperidine rings is 1. The topological polar surface area (TPSA) is 101 Å². The predicted octanol–water partition coefficient (Wildman–Crippen LogP) is 0.845. The first-order valence-electron chi connectivity index (χ1n) is 7.19. The maximum atomic E-state index is 12.3. The molecule has 1 heterocycles. The van der Waals surface area contributed by atoms with Crippen LogP contribution < -0.4 is 0 Å². The molecule has 0 saturated carbocycles. The summed E-state index contributed by atoms with van der Waals surface area (Å²) in [5, 5.41) is 9.25. The van der Waals surface area contributed by atoms with Gasteiger partial charge < -0.3 is 9.84 Å². The molecule has 1 rings (SSSR count). The Morgan fingerprint density at radius 3 is 2.52 bits per heavy atom. The van der Waals surface area contributed by atoms with Crippen LogP contribution in [0.1, 0.15) is 39.5 Å². The Kier molecular flexibility index (Phi) is 6.60. The van der Waals surface area contributed by atoms with Crippen LogP contribution in [-0.2, 0) is 24.3 Å². The lowest BCUT2D eigenvalue weighted by Gasteiger charge is -2.35. The van der Waals surface area contributed by atoms with Gasteiger partial charge in [0.1, 0.15) is 6.04 Å². The minimum Gasteiger partial charge on any atom is -0.480 e. The highest BCUT2D eigenvalue weighted by atomic mass is 32.2. The van der Waals surface area contributed by atoms with E-state index in [9.17, 15) is 23.1 Å². The van der Waals surface area contributed by atoms with Gasteiger partial charge in [0.05, 0.1) is 18.8 Å². The molecule has 1 N–H and O–H groups in total. The molecular formula is C13H23NO6S. The molecule has 0 aromatic carbocycles. The summed E-state index contributed by atoms with van der Waals surface area (Å²) in [5.41, 5.74) is 0. The highest BCUT2D eigenvalue weighted by Crippen LogP contribution is 2.28. The lowest BCUT2D eigenvalue weighted by Crippen LogP contribution is -2.50. The van der Waals surface area contributed by atoms with Gasteiger partial charge in [-0.1, -0.05) is 13.3 Å². The summed E-state index contributed by atoms with van der Waals surface area (Å²) in [5.74, 6) is -1.90. The summed E-state index contributed by atoms with van der Waals surface area (Å²) in [6, 6.07) is -1.03. The average molecular weight is 321 g/mol. The number of hydrogen-bond acceptors (Lipinski definition) is 5. The molecular weight excluding hydrogens is 298 g/mol. The number of carbonyl (C=O) groups is 2. The van der Waals surface area contributed by atoms with E-state index >= 15 is 0 Å². The molecule has 0 spiro atoms. The van der Waals surface area contributed by atoms with Crippen LogP contribution in [-0.4, -0.2) is 54.7 Å². The lowest BCUT2D eigenvalue weighted by atomic mass is 9.90. The van der Waals surface area contributed by atoms with Crippen LogP contribution in [0.5, 0.6) is 0 Å².